The van der Waals surface area contributed by atoms with Crippen LogP contribution in [0.5, 0.6) is 0 Å². The van der Waals surface area contributed by atoms with E-state index in [4.69, 9.17) is 4.74 Å². The van der Waals surface area contributed by atoms with Crippen LogP contribution >= 0.6 is 0 Å². The van der Waals surface area contributed by atoms with Gasteiger partial charge in [-0.1, -0.05) is 30.3 Å². The lowest BCUT2D eigenvalue weighted by molar-refractivity contribution is -0.138. The molecule has 32 heavy (non-hydrogen) atoms. The van der Waals surface area contributed by atoms with Crippen LogP contribution in [0.1, 0.15) is 24.3 Å². The fourth-order valence-electron chi connectivity index (χ4n) is 4.87. The minimum Gasteiger partial charge on any atom is -0.384 e. The van der Waals surface area contributed by atoms with Crippen molar-refractivity contribution in [1.29, 1.82) is 0 Å². The van der Waals surface area contributed by atoms with Crippen molar-refractivity contribution in [2.75, 3.05) is 33.1 Å². The molecule has 0 aromatic heterocycles. The Bertz CT molecular complexity index is 1120. The van der Waals surface area contributed by atoms with E-state index >= 15 is 0 Å². The second-order valence-corrected chi connectivity index (χ2v) is 10.4. The second-order valence-electron chi connectivity index (χ2n) is 8.66. The van der Waals surface area contributed by atoms with Crippen molar-refractivity contribution in [1.82, 2.24) is 9.62 Å². The van der Waals surface area contributed by atoms with Gasteiger partial charge in [0.2, 0.25) is 15.9 Å². The van der Waals surface area contributed by atoms with Crippen LogP contribution in [0.25, 0.3) is 11.1 Å². The van der Waals surface area contributed by atoms with E-state index in [1.807, 2.05) is 0 Å². The predicted octanol–water partition coefficient (Wildman–Crippen LogP) is 2.90. The van der Waals surface area contributed by atoms with E-state index in [-0.39, 0.29) is 36.6 Å². The molecule has 0 bridgehead atoms. The van der Waals surface area contributed by atoms with Gasteiger partial charge in [0.15, 0.2) is 0 Å². The summed E-state index contributed by atoms with van der Waals surface area (Å²) in [6.45, 7) is 0.896. The van der Waals surface area contributed by atoms with Gasteiger partial charge in [0.05, 0.1) is 23.8 Å². The maximum atomic E-state index is 14.5. The van der Waals surface area contributed by atoms with E-state index in [1.54, 1.807) is 29.2 Å². The zero-order chi connectivity index (χ0) is 23.1. The average molecular weight is 465 g/mol. The Kier molecular flexibility index (Phi) is 6.08. The molecule has 9 heteroatoms. The van der Waals surface area contributed by atoms with E-state index in [9.17, 15) is 22.0 Å². The number of sulfonamides is 1. The molecule has 1 saturated carbocycles. The minimum absolute atomic E-state index is 0.104. The molecule has 0 spiro atoms. The maximum absolute atomic E-state index is 14.5. The first kappa shape index (κ1) is 22.8. The van der Waals surface area contributed by atoms with E-state index < -0.39 is 27.1 Å². The number of nitrogens with one attached hydrogen (secondary N) is 1. The molecule has 2 aromatic rings. The third-order valence-electron chi connectivity index (χ3n) is 6.33. The fourth-order valence-corrected chi connectivity index (χ4v) is 5.67. The fraction of sp³-hybridized carbons (Fsp3) is 0.435. The third-order valence-corrected chi connectivity index (χ3v) is 7.09. The van der Waals surface area contributed by atoms with Gasteiger partial charge in [-0.05, 0) is 36.1 Å². The van der Waals surface area contributed by atoms with Crippen LogP contribution < -0.4 is 4.72 Å². The zero-order valence-electron chi connectivity index (χ0n) is 18.0. The van der Waals surface area contributed by atoms with Gasteiger partial charge in [-0.3, -0.25) is 4.79 Å². The van der Waals surface area contributed by atoms with Crippen molar-refractivity contribution < 1.29 is 26.7 Å². The lowest BCUT2D eigenvalue weighted by atomic mass is 9.91. The summed E-state index contributed by atoms with van der Waals surface area (Å²) in [7, 11) is -1.85. The van der Waals surface area contributed by atoms with Crippen molar-refractivity contribution in [3.63, 3.8) is 0 Å². The van der Waals surface area contributed by atoms with Crippen molar-refractivity contribution in [3.05, 3.63) is 59.7 Å². The molecular weight excluding hydrogens is 438 g/mol. The summed E-state index contributed by atoms with van der Waals surface area (Å²) in [5.41, 5.74) is 0.184. The third kappa shape index (κ3) is 4.29. The van der Waals surface area contributed by atoms with Crippen LogP contribution in [0.3, 0.4) is 0 Å². The number of rotatable bonds is 7. The Balaban J connectivity index is 1.63. The lowest BCUT2D eigenvalue weighted by Crippen LogP contribution is -2.42. The molecule has 1 heterocycles. The Morgan fingerprint density at radius 1 is 1.19 bits per heavy atom. The number of ether oxygens (including phenoxy) is 1. The van der Waals surface area contributed by atoms with Gasteiger partial charge in [-0.25, -0.2) is 21.9 Å². The van der Waals surface area contributed by atoms with E-state index in [1.165, 1.54) is 25.3 Å². The number of carbonyl (C=O) groups excluding carboxylic acids is 1. The van der Waals surface area contributed by atoms with E-state index in [0.29, 0.717) is 30.5 Å². The van der Waals surface area contributed by atoms with Gasteiger partial charge in [-0.15, -0.1) is 0 Å². The number of benzene rings is 2. The lowest BCUT2D eigenvalue weighted by Gasteiger charge is -2.25. The molecule has 4 rings (SSSR count). The maximum Gasteiger partial charge on any atom is 0.231 e. The molecule has 2 aromatic carbocycles. The molecule has 2 aliphatic rings. The van der Waals surface area contributed by atoms with E-state index in [0.717, 1.165) is 6.26 Å². The van der Waals surface area contributed by atoms with Gasteiger partial charge in [-0.2, -0.15) is 0 Å². The highest BCUT2D eigenvalue weighted by Crippen LogP contribution is 2.62. The molecule has 1 aliphatic heterocycles. The SMILES string of the molecule is COCC1(C(=O)N2CC[C@H](NS(C)(=O)=O)C2)CC1c1ccccc1-c1c(F)cccc1F. The van der Waals surface area contributed by atoms with Crippen molar-refractivity contribution in [3.8, 4) is 11.1 Å². The highest BCUT2D eigenvalue weighted by molar-refractivity contribution is 7.88. The number of methoxy groups -OCH3 is 1. The number of hydrogen-bond donors (Lipinski definition) is 1. The molecule has 3 atom stereocenters. The standard InChI is InChI=1S/C23H26F2N2O4S/c1-31-14-23(22(28)27-11-10-15(13-27)26-32(2,29)30)12-18(23)16-6-3-4-7-17(16)21-19(24)8-5-9-20(21)25/h3-9,15,18,26H,10-14H2,1-2H3/t15-,18?,23?/m0/s1. The molecule has 1 aliphatic carbocycles. The number of amides is 1. The Labute approximate surface area is 186 Å². The van der Waals surface area contributed by atoms with E-state index in [2.05, 4.69) is 4.72 Å². The zero-order valence-corrected chi connectivity index (χ0v) is 18.8. The Hall–Kier alpha value is -2.36. The number of likely N-dealkylation sites (tertiary alicyclic amines) is 1. The van der Waals surface area contributed by atoms with Gasteiger partial charge in [0.25, 0.3) is 0 Å². The largest absolute Gasteiger partial charge is 0.384 e. The number of carbonyl (C=O) groups is 1. The monoisotopic (exact) mass is 464 g/mol. The van der Waals surface area contributed by atoms with Crippen LogP contribution in [-0.2, 0) is 19.6 Å². The first-order valence-electron chi connectivity index (χ1n) is 10.5. The Morgan fingerprint density at radius 3 is 2.53 bits per heavy atom. The van der Waals surface area contributed by atoms with Crippen LogP contribution in [0.15, 0.2) is 42.5 Å². The molecule has 0 radical (unpaired) electrons. The molecule has 2 unspecified atom stereocenters. The van der Waals surface area contributed by atoms with Crippen molar-refractivity contribution >= 4 is 15.9 Å². The highest BCUT2D eigenvalue weighted by atomic mass is 32.2. The molecule has 1 amide bonds. The topological polar surface area (TPSA) is 75.7 Å². The molecule has 1 saturated heterocycles. The molecule has 2 fully saturated rings. The predicted molar refractivity (Wildman–Crippen MR) is 116 cm³/mol. The van der Waals surface area contributed by atoms with Crippen LogP contribution in [-0.4, -0.2) is 58.3 Å². The summed E-state index contributed by atoms with van der Waals surface area (Å²) >= 11 is 0. The second kappa shape index (κ2) is 8.53. The summed E-state index contributed by atoms with van der Waals surface area (Å²) in [6, 6.07) is 10.4. The van der Waals surface area contributed by atoms with Gasteiger partial charge in [0.1, 0.15) is 11.6 Å². The minimum atomic E-state index is -3.37. The summed E-state index contributed by atoms with van der Waals surface area (Å²) in [4.78, 5) is 15.2. The number of halogens is 2. The van der Waals surface area contributed by atoms with Crippen molar-refractivity contribution in [2.24, 2.45) is 5.41 Å². The van der Waals surface area contributed by atoms with Gasteiger partial charge in [0, 0.05) is 32.2 Å². The summed E-state index contributed by atoms with van der Waals surface area (Å²) in [5, 5.41) is 0. The van der Waals surface area contributed by atoms with Crippen LogP contribution in [0, 0.1) is 17.0 Å². The number of nitrogens with zero attached hydrogens (tertiary/aromatic N) is 1. The summed E-state index contributed by atoms with van der Waals surface area (Å²) in [6.07, 6.45) is 2.12. The molecule has 172 valence electrons. The highest BCUT2D eigenvalue weighted by Gasteiger charge is 2.62. The summed E-state index contributed by atoms with van der Waals surface area (Å²) in [5.74, 6) is -1.69. The molecule has 6 nitrogen and oxygen atoms in total. The quantitative estimate of drug-likeness (QED) is 0.684. The average Bonchev–Trinajstić information content (AvgIpc) is 3.27. The molecule has 1 N–H and O–H groups in total. The summed E-state index contributed by atoms with van der Waals surface area (Å²) < 4.78 is 60.1. The first-order valence-corrected chi connectivity index (χ1v) is 12.3. The van der Waals surface area contributed by atoms with Crippen LogP contribution in [0.2, 0.25) is 0 Å². The smallest absolute Gasteiger partial charge is 0.231 e. The molecular formula is C23H26F2N2O4S. The number of hydrogen-bond acceptors (Lipinski definition) is 4. The van der Waals surface area contributed by atoms with Crippen LogP contribution in [0.4, 0.5) is 8.78 Å². The van der Waals surface area contributed by atoms with Gasteiger partial charge >= 0.3 is 0 Å². The van der Waals surface area contributed by atoms with Crippen molar-refractivity contribution in [2.45, 2.75) is 24.8 Å². The van der Waals surface area contributed by atoms with Gasteiger partial charge < -0.3 is 9.64 Å². The Morgan fingerprint density at radius 2 is 1.88 bits per heavy atom. The normalized spacial score (nSPS) is 25.2. The first-order chi connectivity index (χ1) is 15.2.